The number of phenols is 1. The summed E-state index contributed by atoms with van der Waals surface area (Å²) in [7, 11) is -26.1. The van der Waals surface area contributed by atoms with Crippen LogP contribution in [0.2, 0.25) is 5.28 Å². The first-order valence-corrected chi connectivity index (χ1v) is 28.0. The van der Waals surface area contributed by atoms with Gasteiger partial charge in [0.15, 0.2) is 15.6 Å². The second-order valence-corrected chi connectivity index (χ2v) is 23.1. The molecule has 0 spiro atoms. The fourth-order valence-corrected chi connectivity index (χ4v) is 9.67. The largest absolute Gasteiger partial charge is 1.00 e. The number of rotatable bonds is 17. The number of hydrogen-bond acceptors (Lipinski definition) is 26. The number of hydrogen-bond donors (Lipinski definition) is 5. The van der Waals surface area contributed by atoms with Gasteiger partial charge in [-0.1, -0.05) is 38.4 Å². The number of nitrogens with zero attached hydrogens (tertiary/aromatic N) is 7. The Hall–Kier alpha value is -2.18. The quantitative estimate of drug-likeness (QED) is 0.0187. The SMILES string of the molecule is C=CS(=O)(=O)c1ccc(Nc2nc(Cl)nc(Nc3ccc(S(=O)(=O)[O-])c(N=Nc4c(S(=O)(=O)[O-])cc5cc(S(=O)(=O)[O-])c(N=Nc6cc(NC(=O)C(Br)CBr)ccc6S(=O)(=O)[O-])c(N)c5c4O)c3)n2)cc1.[Na+].[Na+].[Na+].[Na+]. The topological polar surface area (TPSA) is 450 Å². The van der Waals surface area contributed by atoms with Crippen molar-refractivity contribution < 1.29 is 188 Å². The number of benzene rings is 5. The van der Waals surface area contributed by atoms with Gasteiger partial charge < -0.3 is 45.0 Å². The molecule has 0 aliphatic rings. The minimum absolute atomic E-state index is 0. The van der Waals surface area contributed by atoms with E-state index in [0.29, 0.717) is 24.3 Å². The maximum Gasteiger partial charge on any atom is 1.00 e. The summed E-state index contributed by atoms with van der Waals surface area (Å²) in [5.74, 6) is -2.62. The van der Waals surface area contributed by atoms with E-state index in [4.69, 9.17) is 17.3 Å². The molecule has 0 radical (unpaired) electrons. The van der Waals surface area contributed by atoms with Crippen molar-refractivity contribution in [2.75, 3.05) is 27.0 Å². The molecular weight excluding hydrogens is 1290 g/mol. The summed E-state index contributed by atoms with van der Waals surface area (Å²) < 4.78 is 173. The van der Waals surface area contributed by atoms with Gasteiger partial charge in [0.25, 0.3) is 0 Å². The number of nitrogen functional groups attached to an aromatic ring is 1. The summed E-state index contributed by atoms with van der Waals surface area (Å²) in [6, 6.07) is 11.1. The maximum absolute atomic E-state index is 12.6. The molecule has 27 nitrogen and oxygen atoms in total. The number of aromatic nitrogens is 3. The molecule has 374 valence electrons. The molecule has 0 bridgehead atoms. The summed E-state index contributed by atoms with van der Waals surface area (Å²) in [5, 5.41) is 32.6. The van der Waals surface area contributed by atoms with E-state index in [1.165, 1.54) is 24.3 Å². The average Bonchev–Trinajstić information content (AvgIpc) is 3.26. The smallest absolute Gasteiger partial charge is 0.744 e. The number of anilines is 6. The van der Waals surface area contributed by atoms with Gasteiger partial charge in [0.1, 0.15) is 68.0 Å². The number of phenolic OH excluding ortho intramolecular Hbond substituents is 1. The Morgan fingerprint density at radius 1 is 0.667 bits per heavy atom. The summed E-state index contributed by atoms with van der Waals surface area (Å²) in [6.07, 6.45) is 0. The maximum atomic E-state index is 12.6. The van der Waals surface area contributed by atoms with Gasteiger partial charge in [-0.05, 0) is 89.8 Å². The first-order valence-electron chi connectivity index (χ1n) is 18.4. The first kappa shape index (κ1) is 68.9. The zero-order valence-electron chi connectivity index (χ0n) is 38.5. The van der Waals surface area contributed by atoms with Crippen molar-refractivity contribution in [1.29, 1.82) is 0 Å². The number of carbonyl (C=O) groups excluding carboxylic acids is 1. The normalized spacial score (nSPS) is 12.4. The van der Waals surface area contributed by atoms with Gasteiger partial charge in [-0.3, -0.25) is 4.79 Å². The number of nitrogens with one attached hydrogen (secondary N) is 3. The number of alkyl halides is 2. The Labute approximate surface area is 536 Å². The van der Waals surface area contributed by atoms with Crippen LogP contribution in [0.15, 0.2) is 130 Å². The molecule has 0 fully saturated rings. The van der Waals surface area contributed by atoms with Gasteiger partial charge in [-0.25, -0.2) is 42.1 Å². The number of aromatic hydroxyl groups is 1. The number of nitrogens with two attached hydrogens (primary N) is 1. The number of sulfone groups is 1. The van der Waals surface area contributed by atoms with Crippen LogP contribution >= 0.6 is 43.5 Å². The Morgan fingerprint density at radius 3 is 1.56 bits per heavy atom. The van der Waals surface area contributed by atoms with Crippen molar-refractivity contribution in [3.8, 4) is 5.75 Å². The molecule has 6 rings (SSSR count). The zero-order chi connectivity index (χ0) is 52.6. The van der Waals surface area contributed by atoms with E-state index in [0.717, 1.165) is 29.7 Å². The molecule has 0 aliphatic heterocycles. The monoisotopic (exact) mass is 1310 g/mol. The third kappa shape index (κ3) is 17.2. The summed E-state index contributed by atoms with van der Waals surface area (Å²) in [5.41, 5.74) is 0.925. The van der Waals surface area contributed by atoms with Crippen molar-refractivity contribution in [1.82, 2.24) is 15.0 Å². The molecule has 6 N–H and O–H groups in total. The Morgan fingerprint density at radius 2 is 1.09 bits per heavy atom. The van der Waals surface area contributed by atoms with Crippen LogP contribution in [0.25, 0.3) is 10.8 Å². The summed E-state index contributed by atoms with van der Waals surface area (Å²) in [4.78, 5) is 18.5. The van der Waals surface area contributed by atoms with Crippen molar-refractivity contribution >= 4 is 168 Å². The molecule has 1 heterocycles. The van der Waals surface area contributed by atoms with Gasteiger partial charge in [0.2, 0.25) is 23.1 Å². The second kappa shape index (κ2) is 27.3. The van der Waals surface area contributed by atoms with Crippen LogP contribution in [0.4, 0.5) is 57.4 Å². The van der Waals surface area contributed by atoms with Crippen LogP contribution in [0, 0.1) is 0 Å². The average molecular weight is 1310 g/mol. The molecule has 1 aromatic heterocycles. The molecule has 1 atom stereocenters. The molecule has 0 saturated carbocycles. The van der Waals surface area contributed by atoms with Crippen molar-refractivity contribution in [3.05, 3.63) is 90.1 Å². The van der Waals surface area contributed by atoms with Crippen LogP contribution in [-0.2, 0) is 55.1 Å². The molecular formula is C36H24Br2ClN11Na4O16S5. The molecule has 1 amide bonds. The van der Waals surface area contributed by atoms with Crippen molar-refractivity contribution in [2.24, 2.45) is 20.5 Å². The number of carbonyl (C=O) groups is 1. The van der Waals surface area contributed by atoms with E-state index in [1.807, 2.05) is 0 Å². The van der Waals surface area contributed by atoms with Gasteiger partial charge in [0, 0.05) is 27.8 Å². The Bertz CT molecular complexity index is 3880. The number of azo groups is 2. The first-order chi connectivity index (χ1) is 32.9. The summed E-state index contributed by atoms with van der Waals surface area (Å²) in [6.45, 7) is 3.26. The molecule has 0 saturated heterocycles. The fourth-order valence-electron chi connectivity index (χ4n) is 5.90. The van der Waals surface area contributed by atoms with E-state index in [2.05, 4.69) is 89.8 Å². The molecule has 5 aromatic carbocycles. The van der Waals surface area contributed by atoms with Crippen LogP contribution in [-0.4, -0.2) is 96.4 Å². The van der Waals surface area contributed by atoms with Crippen LogP contribution in [0.3, 0.4) is 0 Å². The number of fused-ring (bicyclic) bond motifs is 1. The van der Waals surface area contributed by atoms with Gasteiger partial charge in [-0.15, -0.1) is 20.5 Å². The van der Waals surface area contributed by atoms with Crippen LogP contribution in [0.5, 0.6) is 5.75 Å². The van der Waals surface area contributed by atoms with E-state index in [9.17, 15) is 70.2 Å². The predicted octanol–water partition coefficient (Wildman–Crippen LogP) is -6.07. The summed E-state index contributed by atoms with van der Waals surface area (Å²) >= 11 is 12.2. The van der Waals surface area contributed by atoms with Gasteiger partial charge in [0.05, 0.1) is 35.6 Å². The zero-order valence-corrected chi connectivity index (χ0v) is 54.5. The fraction of sp³-hybridized carbons (Fsp3) is 0.0556. The van der Waals surface area contributed by atoms with E-state index < -0.39 is 131 Å². The van der Waals surface area contributed by atoms with Gasteiger partial charge in [-0.2, -0.15) is 15.0 Å². The second-order valence-electron chi connectivity index (χ2n) is 13.7. The molecule has 0 aliphatic carbocycles. The van der Waals surface area contributed by atoms with Crippen molar-refractivity contribution in [3.63, 3.8) is 0 Å². The molecule has 39 heteroatoms. The van der Waals surface area contributed by atoms with Crippen molar-refractivity contribution in [2.45, 2.75) is 29.3 Å². The number of amides is 1. The third-order valence-corrected chi connectivity index (χ3v) is 16.3. The van der Waals surface area contributed by atoms with Gasteiger partial charge >= 0.3 is 118 Å². The molecule has 75 heavy (non-hydrogen) atoms. The predicted molar refractivity (Wildman–Crippen MR) is 253 cm³/mol. The minimum Gasteiger partial charge on any atom is -0.744 e. The molecule has 1 unspecified atom stereocenters. The molecule has 6 aromatic rings. The van der Waals surface area contributed by atoms with E-state index in [-0.39, 0.29) is 157 Å². The van der Waals surface area contributed by atoms with Crippen LogP contribution < -0.4 is 140 Å². The third-order valence-electron chi connectivity index (χ3n) is 9.04. The van der Waals surface area contributed by atoms with Crippen LogP contribution in [0.1, 0.15) is 0 Å². The standard InChI is InChI=1S/C36H28Br2ClN11O16S5.4Na/c1-2-67(53,54)20-7-3-17(4-8-20)42-35-44-34(39)45-36(46-35)43-19-6-10-25(69(58,59)60)23(14-19)48-50-31-27(71(64,65)66)12-16-11-26(70(61,62)63)30(29(40)28(16)32(31)51)49-47-22-13-18(41-33(52)21(38)15-37)5-9-24(22)68(55,56)57;;;;/h2-14,21,51H,1,15,40H2,(H,41,52)(H,55,56,57)(H,58,59,60)(H,61,62,63)(H,64,65,66)(H2,42,43,44,45,46);;;;/q;4*+1/p-4. The van der Waals surface area contributed by atoms with E-state index >= 15 is 0 Å². The van der Waals surface area contributed by atoms with E-state index in [1.54, 1.807) is 0 Å². The Kier molecular flexibility index (Phi) is 25.1. The minimum atomic E-state index is -5.80. The Balaban J connectivity index is 0.00000481. The number of halogens is 3.